The Morgan fingerprint density at radius 2 is 1.58 bits per heavy atom. The molecule has 1 atom stereocenters. The predicted octanol–water partition coefficient (Wildman–Crippen LogP) is 5.47. The summed E-state index contributed by atoms with van der Waals surface area (Å²) in [6.45, 7) is 9.50. The van der Waals surface area contributed by atoms with Gasteiger partial charge in [-0.2, -0.15) is 0 Å². The molecule has 11 nitrogen and oxygen atoms in total. The molecule has 1 amide bonds. The fourth-order valence-electron chi connectivity index (χ4n) is 5.79. The van der Waals surface area contributed by atoms with Crippen molar-refractivity contribution < 1.29 is 33.2 Å². The van der Waals surface area contributed by atoms with Crippen molar-refractivity contribution in [3.8, 4) is 21.9 Å². The fourth-order valence-corrected chi connectivity index (χ4v) is 6.95. The average molecular weight is 707 g/mol. The number of amides is 1. The van der Waals surface area contributed by atoms with Crippen LogP contribution in [0.25, 0.3) is 21.3 Å². The molecule has 1 unspecified atom stereocenters. The van der Waals surface area contributed by atoms with E-state index in [-0.39, 0.29) is 12.5 Å². The van der Waals surface area contributed by atoms with Crippen LogP contribution in [-0.2, 0) is 36.7 Å². The van der Waals surface area contributed by atoms with Gasteiger partial charge in [-0.15, -0.1) is 11.3 Å². The van der Waals surface area contributed by atoms with E-state index in [2.05, 4.69) is 47.9 Å². The number of benzene rings is 2. The maximum absolute atomic E-state index is 12.4. The third kappa shape index (κ3) is 11.4. The number of nitrogens with one attached hydrogen (secondary N) is 2. The summed E-state index contributed by atoms with van der Waals surface area (Å²) in [6, 6.07) is 16.8. The van der Waals surface area contributed by atoms with Crippen molar-refractivity contribution >= 4 is 28.1 Å². The van der Waals surface area contributed by atoms with Crippen LogP contribution in [0.2, 0.25) is 0 Å². The van der Waals surface area contributed by atoms with E-state index in [0.29, 0.717) is 90.0 Å². The van der Waals surface area contributed by atoms with E-state index >= 15 is 0 Å². The Kier molecular flexibility index (Phi) is 15.2. The zero-order valence-corrected chi connectivity index (χ0v) is 30.3. The minimum Gasteiger partial charge on any atom is -0.493 e. The van der Waals surface area contributed by atoms with Gasteiger partial charge in [0.25, 0.3) is 0 Å². The standard InChI is InChI=1S/C38H50N4O7S/c1-27-7-6-10-32-31-23-35(34(44-3)24-33(31)42-28(2)41-32)49-22-21-48-20-19-47-18-17-46-16-15-45-14-13-40-38(43)26-39-25-29-8-4-5-9-30(29)37-12-11-36(27)50-37/h4-5,8-9,11-12,23-24,27,39H,6-7,10,13-22,25-26H2,1-3H3,(H,40,43). The smallest absolute Gasteiger partial charge is 0.234 e. The lowest BCUT2D eigenvalue weighted by atomic mass is 10.00. The molecule has 0 aliphatic carbocycles. The molecule has 12 heteroatoms. The van der Waals surface area contributed by atoms with Crippen molar-refractivity contribution in [2.75, 3.05) is 79.7 Å². The Morgan fingerprint density at radius 3 is 2.34 bits per heavy atom. The highest BCUT2D eigenvalue weighted by Crippen LogP contribution is 2.37. The summed E-state index contributed by atoms with van der Waals surface area (Å²) in [5.74, 6) is 2.36. The number of carbonyl (C=O) groups excluding carboxylic acids is 1. The van der Waals surface area contributed by atoms with Crippen molar-refractivity contribution in [1.82, 2.24) is 20.6 Å². The van der Waals surface area contributed by atoms with Gasteiger partial charge in [0.15, 0.2) is 11.5 Å². The van der Waals surface area contributed by atoms with Crippen LogP contribution in [0, 0.1) is 6.92 Å². The van der Waals surface area contributed by atoms with E-state index < -0.39 is 0 Å². The number of methoxy groups -OCH3 is 1. The third-order valence-electron chi connectivity index (χ3n) is 8.39. The molecule has 4 aromatic rings. The van der Waals surface area contributed by atoms with Crippen molar-refractivity contribution in [3.63, 3.8) is 0 Å². The number of ether oxygens (including phenoxy) is 6. The Balaban J connectivity index is 1.25. The number of fused-ring (bicyclic) bond motifs is 5. The first kappa shape index (κ1) is 37.6. The number of aromatic nitrogens is 2. The van der Waals surface area contributed by atoms with Gasteiger partial charge in [0, 0.05) is 34.3 Å². The van der Waals surface area contributed by atoms with Gasteiger partial charge < -0.3 is 39.1 Å². The van der Waals surface area contributed by atoms with Gasteiger partial charge in [-0.05, 0) is 61.4 Å². The lowest BCUT2D eigenvalue weighted by Crippen LogP contribution is -2.35. The molecule has 0 saturated carbocycles. The van der Waals surface area contributed by atoms with Crippen LogP contribution in [-0.4, -0.2) is 95.5 Å². The summed E-state index contributed by atoms with van der Waals surface area (Å²) in [5.41, 5.74) is 4.21. The first-order valence-corrected chi connectivity index (χ1v) is 18.3. The van der Waals surface area contributed by atoms with Gasteiger partial charge in [0.2, 0.25) is 5.91 Å². The maximum Gasteiger partial charge on any atom is 0.234 e. The second-order valence-corrected chi connectivity index (χ2v) is 13.3. The molecule has 0 saturated heterocycles. The molecule has 2 aromatic carbocycles. The number of carbonyl (C=O) groups is 1. The molecule has 0 spiro atoms. The zero-order chi connectivity index (χ0) is 35.0. The molecule has 1 aliphatic heterocycles. The van der Waals surface area contributed by atoms with Crippen LogP contribution in [0.4, 0.5) is 0 Å². The number of hydrogen-bond donors (Lipinski definition) is 2. The van der Waals surface area contributed by atoms with Crippen LogP contribution in [0.1, 0.15) is 47.6 Å². The highest BCUT2D eigenvalue weighted by molar-refractivity contribution is 7.15. The Morgan fingerprint density at radius 1 is 0.860 bits per heavy atom. The number of aryl methyl sites for hydroxylation is 2. The lowest BCUT2D eigenvalue weighted by molar-refractivity contribution is -0.120. The van der Waals surface area contributed by atoms with Crippen molar-refractivity contribution in [3.05, 3.63) is 70.5 Å². The third-order valence-corrected chi connectivity index (χ3v) is 9.74. The van der Waals surface area contributed by atoms with Gasteiger partial charge >= 0.3 is 0 Å². The second kappa shape index (κ2) is 20.3. The first-order chi connectivity index (χ1) is 24.5. The zero-order valence-electron chi connectivity index (χ0n) is 29.5. The Hall–Kier alpha value is -3.65. The van der Waals surface area contributed by atoms with Crippen LogP contribution in [0.5, 0.6) is 11.5 Å². The molecule has 50 heavy (non-hydrogen) atoms. The molecular formula is C38H50N4O7S. The van der Waals surface area contributed by atoms with Crippen LogP contribution in [0.15, 0.2) is 48.5 Å². The maximum atomic E-state index is 12.4. The highest BCUT2D eigenvalue weighted by Gasteiger charge is 2.16. The molecule has 2 N–H and O–H groups in total. The summed E-state index contributed by atoms with van der Waals surface area (Å²) in [5, 5.41) is 7.18. The van der Waals surface area contributed by atoms with E-state index in [0.717, 1.165) is 47.2 Å². The highest BCUT2D eigenvalue weighted by atomic mass is 32.1. The first-order valence-electron chi connectivity index (χ1n) is 17.5. The lowest BCUT2D eigenvalue weighted by Gasteiger charge is -2.15. The summed E-state index contributed by atoms with van der Waals surface area (Å²) in [7, 11) is 1.64. The van der Waals surface area contributed by atoms with E-state index in [9.17, 15) is 4.79 Å². The Bertz CT molecular complexity index is 1650. The minimum atomic E-state index is -0.0601. The van der Waals surface area contributed by atoms with E-state index in [1.54, 1.807) is 7.11 Å². The topological polar surface area (TPSA) is 122 Å². The SMILES string of the molecule is COc1cc2nc(C)nc3c2cc1OCCOCCOCCOCCOCCNC(=O)CNCc1ccccc1-c1ccc(s1)C(C)CCC3. The van der Waals surface area contributed by atoms with Gasteiger partial charge in [0.1, 0.15) is 12.4 Å². The molecule has 4 bridgehead atoms. The Labute approximate surface area is 299 Å². The van der Waals surface area contributed by atoms with Gasteiger partial charge in [-0.25, -0.2) is 9.97 Å². The van der Waals surface area contributed by atoms with Crippen molar-refractivity contribution in [2.45, 2.75) is 45.6 Å². The quantitative estimate of drug-likeness (QED) is 0.264. The van der Waals surface area contributed by atoms with Crippen LogP contribution >= 0.6 is 11.3 Å². The summed E-state index contributed by atoms with van der Waals surface area (Å²) in [6.07, 6.45) is 2.85. The van der Waals surface area contributed by atoms with Crippen LogP contribution in [0.3, 0.4) is 0 Å². The number of nitrogens with zero attached hydrogens (tertiary/aromatic N) is 2. The van der Waals surface area contributed by atoms with Gasteiger partial charge in [0.05, 0.1) is 77.7 Å². The van der Waals surface area contributed by atoms with Gasteiger partial charge in [-0.3, -0.25) is 4.79 Å². The van der Waals surface area contributed by atoms with Crippen molar-refractivity contribution in [1.29, 1.82) is 0 Å². The molecule has 2 aromatic heterocycles. The molecule has 0 fully saturated rings. The summed E-state index contributed by atoms with van der Waals surface area (Å²) < 4.78 is 34.2. The minimum absolute atomic E-state index is 0.0601. The van der Waals surface area contributed by atoms with Gasteiger partial charge in [-0.1, -0.05) is 31.2 Å². The molecular weight excluding hydrogens is 657 g/mol. The monoisotopic (exact) mass is 706 g/mol. The van der Waals surface area contributed by atoms with Crippen LogP contribution < -0.4 is 20.1 Å². The van der Waals surface area contributed by atoms with E-state index in [4.69, 9.17) is 38.4 Å². The van der Waals surface area contributed by atoms with Crippen molar-refractivity contribution in [2.24, 2.45) is 0 Å². The van der Waals surface area contributed by atoms with E-state index in [1.165, 1.54) is 15.3 Å². The second-order valence-electron chi connectivity index (χ2n) is 12.1. The molecule has 5 rings (SSSR count). The predicted molar refractivity (Wildman–Crippen MR) is 195 cm³/mol. The molecule has 270 valence electrons. The number of thiophene rings is 1. The molecule has 1 aliphatic rings. The van der Waals surface area contributed by atoms with E-state index in [1.807, 2.05) is 36.5 Å². The summed E-state index contributed by atoms with van der Waals surface area (Å²) in [4.78, 5) is 24.5. The number of rotatable bonds is 1. The largest absolute Gasteiger partial charge is 0.493 e. The normalized spacial score (nSPS) is 18.9. The average Bonchev–Trinajstić information content (AvgIpc) is 3.61. The summed E-state index contributed by atoms with van der Waals surface area (Å²) >= 11 is 1.84. The fraction of sp³-hybridized carbons (Fsp3) is 0.500. The molecule has 0 radical (unpaired) electrons. The number of hydrogen-bond acceptors (Lipinski definition) is 11. The molecule has 3 heterocycles.